The van der Waals surface area contributed by atoms with Gasteiger partial charge >= 0.3 is 7.48 Å². The first-order valence-electron chi connectivity index (χ1n) is 3.31. The van der Waals surface area contributed by atoms with Gasteiger partial charge in [-0.2, -0.15) is 5.10 Å². The van der Waals surface area contributed by atoms with Crippen LogP contribution in [0.5, 0.6) is 0 Å². The molecule has 0 atom stereocenters. The summed E-state index contributed by atoms with van der Waals surface area (Å²) in [4.78, 5) is 0. The first kappa shape index (κ1) is 6.43. The Morgan fingerprint density at radius 1 is 1.45 bits per heavy atom. The zero-order valence-electron chi connectivity index (χ0n) is 5.78. The number of H-pyrrole nitrogens is 1. The van der Waals surface area contributed by atoms with Crippen molar-refractivity contribution < 1.29 is 5.02 Å². The molecular formula is C7H6BN2O. The molecule has 1 heterocycles. The van der Waals surface area contributed by atoms with Crippen LogP contribution in [0.15, 0.2) is 24.4 Å². The number of aromatic nitrogens is 2. The van der Waals surface area contributed by atoms with E-state index in [9.17, 15) is 0 Å². The average molecular weight is 145 g/mol. The van der Waals surface area contributed by atoms with Crippen LogP contribution in [0.3, 0.4) is 0 Å². The SMILES string of the molecule is O[B]c1ccc2[nH]ncc2c1. The van der Waals surface area contributed by atoms with Gasteiger partial charge in [0.1, 0.15) is 0 Å². The van der Waals surface area contributed by atoms with Crippen molar-refractivity contribution in [2.45, 2.75) is 0 Å². The molecule has 0 saturated heterocycles. The number of hydrogen-bond acceptors (Lipinski definition) is 2. The second kappa shape index (κ2) is 2.40. The second-order valence-electron chi connectivity index (χ2n) is 2.35. The van der Waals surface area contributed by atoms with Crippen LogP contribution in [0.25, 0.3) is 10.9 Å². The molecule has 0 fully saturated rings. The number of nitrogens with one attached hydrogen (secondary N) is 1. The summed E-state index contributed by atoms with van der Waals surface area (Å²) in [5.41, 5.74) is 1.77. The normalized spacial score (nSPS) is 10.3. The summed E-state index contributed by atoms with van der Waals surface area (Å²) in [7, 11) is 1.08. The Labute approximate surface area is 64.3 Å². The van der Waals surface area contributed by atoms with Gasteiger partial charge in [-0.3, -0.25) is 5.10 Å². The molecule has 1 aromatic carbocycles. The van der Waals surface area contributed by atoms with Crippen molar-refractivity contribution >= 4 is 23.8 Å². The topological polar surface area (TPSA) is 48.9 Å². The van der Waals surface area contributed by atoms with Crippen LogP contribution < -0.4 is 5.46 Å². The van der Waals surface area contributed by atoms with Crippen LogP contribution in [-0.4, -0.2) is 22.7 Å². The number of benzene rings is 1. The Hall–Kier alpha value is -1.29. The molecule has 0 spiro atoms. The zero-order valence-corrected chi connectivity index (χ0v) is 5.78. The molecular weight excluding hydrogens is 139 g/mol. The van der Waals surface area contributed by atoms with Gasteiger partial charge < -0.3 is 5.02 Å². The minimum absolute atomic E-state index is 0.791. The van der Waals surface area contributed by atoms with Crippen molar-refractivity contribution in [3.8, 4) is 0 Å². The van der Waals surface area contributed by atoms with Crippen LogP contribution in [0, 0.1) is 0 Å². The summed E-state index contributed by atoms with van der Waals surface area (Å²) in [5, 5.41) is 16.4. The van der Waals surface area contributed by atoms with E-state index in [0.717, 1.165) is 23.8 Å². The van der Waals surface area contributed by atoms with Gasteiger partial charge in [-0.15, -0.1) is 0 Å². The molecule has 11 heavy (non-hydrogen) atoms. The lowest BCUT2D eigenvalue weighted by Crippen LogP contribution is -2.11. The number of rotatable bonds is 1. The Balaban J connectivity index is 2.67. The Kier molecular flexibility index (Phi) is 1.40. The molecule has 2 aromatic rings. The number of aromatic amines is 1. The third-order valence-corrected chi connectivity index (χ3v) is 1.61. The van der Waals surface area contributed by atoms with Crippen LogP contribution in [-0.2, 0) is 0 Å². The first-order valence-corrected chi connectivity index (χ1v) is 3.31. The maximum absolute atomic E-state index is 8.68. The molecule has 0 saturated carbocycles. The molecule has 53 valence electrons. The number of fused-ring (bicyclic) bond motifs is 1. The summed E-state index contributed by atoms with van der Waals surface area (Å²) in [6.45, 7) is 0. The van der Waals surface area contributed by atoms with Gasteiger partial charge in [0.05, 0.1) is 11.7 Å². The van der Waals surface area contributed by atoms with Gasteiger partial charge in [0.15, 0.2) is 0 Å². The van der Waals surface area contributed by atoms with Gasteiger partial charge in [-0.05, 0) is 6.07 Å². The van der Waals surface area contributed by atoms with Gasteiger partial charge in [-0.25, -0.2) is 0 Å². The van der Waals surface area contributed by atoms with Crippen molar-refractivity contribution in [3.05, 3.63) is 24.4 Å². The highest BCUT2D eigenvalue weighted by Crippen LogP contribution is 2.05. The monoisotopic (exact) mass is 145 g/mol. The highest BCUT2D eigenvalue weighted by atomic mass is 16.2. The van der Waals surface area contributed by atoms with Crippen LogP contribution in [0.2, 0.25) is 0 Å². The molecule has 0 amide bonds. The van der Waals surface area contributed by atoms with Crippen molar-refractivity contribution in [1.29, 1.82) is 0 Å². The number of hydrogen-bond donors (Lipinski definition) is 2. The average Bonchev–Trinajstić information content (AvgIpc) is 2.50. The largest absolute Gasteiger partial charge is 0.450 e. The predicted molar refractivity (Wildman–Crippen MR) is 43.7 cm³/mol. The predicted octanol–water partition coefficient (Wildman–Crippen LogP) is -0.200. The fraction of sp³-hybridized carbons (Fsp3) is 0. The Morgan fingerprint density at radius 3 is 3.18 bits per heavy atom. The van der Waals surface area contributed by atoms with E-state index in [0.29, 0.717) is 0 Å². The minimum atomic E-state index is 0.791. The molecule has 0 aliphatic carbocycles. The Bertz CT molecular complexity index is 371. The van der Waals surface area contributed by atoms with Gasteiger partial charge in [0.25, 0.3) is 0 Å². The van der Waals surface area contributed by atoms with Crippen molar-refractivity contribution in [2.24, 2.45) is 0 Å². The van der Waals surface area contributed by atoms with E-state index in [1.165, 1.54) is 0 Å². The molecule has 2 rings (SSSR count). The van der Waals surface area contributed by atoms with Gasteiger partial charge in [0, 0.05) is 5.39 Å². The van der Waals surface area contributed by atoms with Crippen LogP contribution in [0.4, 0.5) is 0 Å². The van der Waals surface area contributed by atoms with E-state index in [2.05, 4.69) is 10.2 Å². The molecule has 0 aliphatic heterocycles. The smallest absolute Gasteiger partial charge is 0.326 e. The summed E-state index contributed by atoms with van der Waals surface area (Å²) in [5.74, 6) is 0. The third kappa shape index (κ3) is 1.01. The summed E-state index contributed by atoms with van der Waals surface area (Å²) in [6, 6.07) is 5.56. The third-order valence-electron chi connectivity index (χ3n) is 1.61. The zero-order chi connectivity index (χ0) is 7.68. The van der Waals surface area contributed by atoms with Gasteiger partial charge in [0.2, 0.25) is 0 Å². The molecule has 0 aliphatic rings. The quantitative estimate of drug-likeness (QED) is 0.546. The maximum Gasteiger partial charge on any atom is 0.326 e. The van der Waals surface area contributed by atoms with Crippen LogP contribution in [0.1, 0.15) is 0 Å². The lowest BCUT2D eigenvalue weighted by molar-refractivity contribution is 0.615. The first-order chi connectivity index (χ1) is 5.40. The van der Waals surface area contributed by atoms with Crippen molar-refractivity contribution in [1.82, 2.24) is 10.2 Å². The molecule has 1 aromatic heterocycles. The lowest BCUT2D eigenvalue weighted by Gasteiger charge is -1.91. The van der Waals surface area contributed by atoms with E-state index in [1.807, 2.05) is 18.2 Å². The van der Waals surface area contributed by atoms with E-state index >= 15 is 0 Å². The summed E-state index contributed by atoms with van der Waals surface area (Å²) in [6.07, 6.45) is 1.72. The Morgan fingerprint density at radius 2 is 2.36 bits per heavy atom. The second-order valence-corrected chi connectivity index (χ2v) is 2.35. The molecule has 0 bridgehead atoms. The summed E-state index contributed by atoms with van der Waals surface area (Å²) < 4.78 is 0. The fourth-order valence-corrected chi connectivity index (χ4v) is 1.04. The minimum Gasteiger partial charge on any atom is -0.450 e. The maximum atomic E-state index is 8.68. The highest BCUT2D eigenvalue weighted by molar-refractivity contribution is 6.45. The highest BCUT2D eigenvalue weighted by Gasteiger charge is 1.96. The molecule has 4 heteroatoms. The van der Waals surface area contributed by atoms with E-state index in [4.69, 9.17) is 5.02 Å². The lowest BCUT2D eigenvalue weighted by atomic mass is 9.88. The fourth-order valence-electron chi connectivity index (χ4n) is 1.04. The molecule has 1 radical (unpaired) electrons. The molecule has 3 nitrogen and oxygen atoms in total. The standard InChI is InChI=1S/C7H6BN2O/c11-8-6-1-2-7-5(3-6)4-9-10-7/h1-4,11H,(H,9,10). The van der Waals surface area contributed by atoms with Crippen molar-refractivity contribution in [2.75, 3.05) is 0 Å². The molecule has 2 N–H and O–H groups in total. The van der Waals surface area contributed by atoms with E-state index in [1.54, 1.807) is 6.20 Å². The van der Waals surface area contributed by atoms with E-state index < -0.39 is 0 Å². The van der Waals surface area contributed by atoms with E-state index in [-0.39, 0.29) is 0 Å². The van der Waals surface area contributed by atoms with Crippen molar-refractivity contribution in [3.63, 3.8) is 0 Å². The summed E-state index contributed by atoms with van der Waals surface area (Å²) >= 11 is 0. The van der Waals surface area contributed by atoms with Crippen LogP contribution >= 0.6 is 0 Å². The number of nitrogens with zero attached hydrogens (tertiary/aromatic N) is 1. The molecule has 0 unspecified atom stereocenters. The van der Waals surface area contributed by atoms with Gasteiger partial charge in [-0.1, -0.05) is 17.6 Å².